The third kappa shape index (κ3) is 3.36. The van der Waals surface area contributed by atoms with Crippen LogP contribution in [0.4, 0.5) is 13.2 Å². The average Bonchev–Trinajstić information content (AvgIpc) is 1.31. The van der Waals surface area contributed by atoms with E-state index in [2.05, 4.69) is 0 Å². The Hall–Kier alpha value is -0.831. The molecule has 0 fully saturated rings. The third-order valence-corrected chi connectivity index (χ3v) is 0.243. The van der Waals surface area contributed by atoms with Crippen LogP contribution in [0.5, 0.6) is 0 Å². The second-order valence-electron chi connectivity index (χ2n) is 0.803. The van der Waals surface area contributed by atoms with E-state index >= 15 is 0 Å². The van der Waals surface area contributed by atoms with E-state index in [9.17, 15) is 13.2 Å². The maximum Gasteiger partial charge on any atom is 0.490 e. The first-order chi connectivity index (χ1) is 2.94. The van der Waals surface area contributed by atoms with E-state index in [0.29, 0.717) is 0 Å². The van der Waals surface area contributed by atoms with E-state index in [1.807, 2.05) is 0 Å². The molecule has 0 spiro atoms. The Balaban J connectivity index is 0. The number of alkyl halides is 3. The van der Waals surface area contributed by atoms with Gasteiger partial charge in [-0.25, -0.2) is 4.79 Å². The zero-order valence-corrected chi connectivity index (χ0v) is 3.34. The molecular weight excluding hydrogens is 133 g/mol. The van der Waals surface area contributed by atoms with Gasteiger partial charge in [-0.1, -0.05) is 0 Å². The first kappa shape index (κ1) is 10.2. The Morgan fingerprint density at radius 1 is 1.38 bits per heavy atom. The van der Waals surface area contributed by atoms with E-state index in [4.69, 9.17) is 9.90 Å². The molecule has 0 aliphatic heterocycles. The molecule has 0 rings (SSSR count). The van der Waals surface area contributed by atoms with Gasteiger partial charge in [0.2, 0.25) is 0 Å². The number of carboxylic acids is 1. The van der Waals surface area contributed by atoms with E-state index in [-0.39, 0.29) is 6.15 Å². The minimum Gasteiger partial charge on any atom is -0.475 e. The van der Waals surface area contributed by atoms with Crippen LogP contribution in [0.15, 0.2) is 0 Å². The van der Waals surface area contributed by atoms with Crippen LogP contribution in [0.3, 0.4) is 0 Å². The Morgan fingerprint density at radius 3 is 1.50 bits per heavy atom. The van der Waals surface area contributed by atoms with E-state index in [0.717, 1.165) is 0 Å². The number of rotatable bonds is 0. The normalized spacial score (nSPS) is 9.88. The molecule has 1 N–H and O–H groups in total. The molecule has 0 aliphatic carbocycles. The van der Waals surface area contributed by atoms with Crippen LogP contribution in [0, 0.1) is 6.15 Å². The first-order valence-corrected chi connectivity index (χ1v) is 1.24. The molecule has 0 aromatic rings. The molecule has 6 heteroatoms. The van der Waals surface area contributed by atoms with Crippen LogP contribution in [0.1, 0.15) is 0 Å². The number of carboxylic acid groups (broad SMARTS) is 1. The van der Waals surface area contributed by atoms with Crippen LogP contribution < -0.4 is 0 Å². The molecule has 0 saturated heterocycles. The fourth-order valence-corrected chi connectivity index (χ4v) is 0. The second-order valence-corrected chi connectivity index (χ2v) is 0.803. The van der Waals surface area contributed by atoms with Gasteiger partial charge in [0.15, 0.2) is 0 Å². The van der Waals surface area contributed by atoms with Gasteiger partial charge < -0.3 is 5.11 Å². The summed E-state index contributed by atoms with van der Waals surface area (Å²) in [6.07, 6.45) is -5.08. The van der Waals surface area contributed by atoms with E-state index < -0.39 is 12.1 Å². The maximum atomic E-state index is 10.6. The van der Waals surface area contributed by atoms with Gasteiger partial charge in [0, 0.05) is 6.15 Å². The van der Waals surface area contributed by atoms with Gasteiger partial charge >= 0.3 is 12.1 Å². The molecule has 0 unspecified atom stereocenters. The van der Waals surface area contributed by atoms with Gasteiger partial charge in [-0.3, -0.25) is 0 Å². The van der Waals surface area contributed by atoms with Crippen molar-refractivity contribution in [2.24, 2.45) is 0 Å². The minimum absolute atomic E-state index is 0. The number of carbonyl (C=O) groups is 1. The van der Waals surface area contributed by atoms with E-state index in [1.54, 1.807) is 0 Å². The quantitative estimate of drug-likeness (QED) is 0.527. The summed E-state index contributed by atoms with van der Waals surface area (Å²) < 4.78 is 31.7. The smallest absolute Gasteiger partial charge is 0.475 e. The van der Waals surface area contributed by atoms with Crippen LogP contribution in [-0.4, -0.2) is 17.3 Å². The number of halogens is 3. The molecule has 0 aromatic carbocycles. The Morgan fingerprint density at radius 2 is 1.50 bits per heavy atom. The fourth-order valence-electron chi connectivity index (χ4n) is 0. The SMILES string of the molecule is O=C(O)C(F)(F)F.[Ne]. The maximum absolute atomic E-state index is 10.6. The Bertz CT molecular complexity index is 87.8. The molecule has 0 heterocycles. The third-order valence-electron chi connectivity index (χ3n) is 0.243. The van der Waals surface area contributed by atoms with Crippen molar-refractivity contribution >= 4 is 5.97 Å². The molecule has 0 amide bonds. The topological polar surface area (TPSA) is 37.3 Å². The molecule has 0 atom stereocenters. The molecular formula is C2HF3NeO2. The van der Waals surface area contributed by atoms with Crippen LogP contribution in [-0.2, 0) is 4.79 Å². The van der Waals surface area contributed by atoms with Crippen LogP contribution in [0.25, 0.3) is 0 Å². The summed E-state index contributed by atoms with van der Waals surface area (Å²) in [7, 11) is 0. The molecule has 0 radical (unpaired) electrons. The molecule has 0 bridgehead atoms. The summed E-state index contributed by atoms with van der Waals surface area (Å²) in [4.78, 5) is 8.90. The summed E-state index contributed by atoms with van der Waals surface area (Å²) in [5.74, 6) is -2.76. The summed E-state index contributed by atoms with van der Waals surface area (Å²) in [6.45, 7) is 0. The number of hydrogen-bond donors (Lipinski definition) is 1. The Kier molecular flexibility index (Phi) is 3.15. The van der Waals surface area contributed by atoms with Crippen molar-refractivity contribution in [3.63, 3.8) is 0 Å². The standard InChI is InChI=1S/C2HF3O2.Ne/c3-2(4,5)1(6)7;/h(H,6,7);. The van der Waals surface area contributed by atoms with Gasteiger partial charge in [0.1, 0.15) is 0 Å². The molecule has 2 nitrogen and oxygen atoms in total. The zero-order valence-electron chi connectivity index (χ0n) is 3.34. The van der Waals surface area contributed by atoms with Crippen molar-refractivity contribution in [3.05, 3.63) is 0 Å². The van der Waals surface area contributed by atoms with Crippen molar-refractivity contribution < 1.29 is 29.2 Å². The van der Waals surface area contributed by atoms with Gasteiger partial charge in [-0.15, -0.1) is 0 Å². The average molecular weight is 134 g/mol. The molecule has 0 saturated carbocycles. The van der Waals surface area contributed by atoms with E-state index in [1.165, 1.54) is 0 Å². The predicted molar refractivity (Wildman–Crippen MR) is 13.7 cm³/mol. The summed E-state index contributed by atoms with van der Waals surface area (Å²) >= 11 is 0. The van der Waals surface area contributed by atoms with Crippen molar-refractivity contribution in [2.45, 2.75) is 6.18 Å². The van der Waals surface area contributed by atoms with Gasteiger partial charge in [-0.05, 0) is 0 Å². The van der Waals surface area contributed by atoms with Crippen molar-refractivity contribution in [1.82, 2.24) is 0 Å². The molecule has 50 valence electrons. The predicted octanol–water partition coefficient (Wildman–Crippen LogP) is 0.633. The van der Waals surface area contributed by atoms with Gasteiger partial charge in [0.25, 0.3) is 0 Å². The summed E-state index contributed by atoms with van der Waals surface area (Å²) in [6, 6.07) is 0. The largest absolute Gasteiger partial charge is 0.490 e. The molecule has 0 aliphatic rings. The fraction of sp³-hybridized carbons (Fsp3) is 0.500. The summed E-state index contributed by atoms with van der Waals surface area (Å²) in [5, 5.41) is 7.12. The summed E-state index contributed by atoms with van der Waals surface area (Å²) in [5.41, 5.74) is 0. The first-order valence-electron chi connectivity index (χ1n) is 1.24. The second kappa shape index (κ2) is 2.47. The molecule has 0 aromatic heterocycles. The van der Waals surface area contributed by atoms with Crippen LogP contribution >= 0.6 is 0 Å². The molecule has 8 heavy (non-hydrogen) atoms. The Labute approximate surface area is 42.7 Å². The van der Waals surface area contributed by atoms with Gasteiger partial charge in [0.05, 0.1) is 0 Å². The van der Waals surface area contributed by atoms with Crippen molar-refractivity contribution in [2.75, 3.05) is 0 Å². The van der Waals surface area contributed by atoms with Crippen molar-refractivity contribution in [3.8, 4) is 0 Å². The zero-order chi connectivity index (χ0) is 6.08. The monoisotopic (exact) mass is 134 g/mol. The minimum atomic E-state index is -5.08. The number of aliphatic carboxylic acids is 1. The number of hydrogen-bond acceptors (Lipinski definition) is 1. The van der Waals surface area contributed by atoms with Gasteiger partial charge in [-0.2, -0.15) is 13.2 Å². The van der Waals surface area contributed by atoms with Crippen molar-refractivity contribution in [1.29, 1.82) is 0 Å². The van der Waals surface area contributed by atoms with Crippen LogP contribution in [0.2, 0.25) is 0 Å².